The molecule has 1 amide bonds. The second-order valence-electron chi connectivity index (χ2n) is 4.65. The van der Waals surface area contributed by atoms with Crippen molar-refractivity contribution in [3.05, 3.63) is 58.0 Å². The van der Waals surface area contributed by atoms with E-state index in [1.807, 2.05) is 0 Å². The summed E-state index contributed by atoms with van der Waals surface area (Å²) in [7, 11) is 0. The van der Waals surface area contributed by atoms with E-state index in [4.69, 9.17) is 13.9 Å². The molecule has 8 nitrogen and oxygen atoms in total. The van der Waals surface area contributed by atoms with E-state index >= 15 is 0 Å². The molecule has 1 aliphatic heterocycles. The predicted octanol–water partition coefficient (Wildman–Crippen LogP) is 2.25. The molecule has 0 saturated heterocycles. The molecule has 2 heterocycles. The lowest BCUT2D eigenvalue weighted by Crippen LogP contribution is -2.19. The van der Waals surface area contributed by atoms with Gasteiger partial charge in [-0.05, 0) is 24.3 Å². The van der Waals surface area contributed by atoms with Crippen LogP contribution in [0, 0.1) is 10.1 Å². The molecule has 1 aromatic carbocycles. The number of carbonyl (C=O) groups excluding carboxylic acids is 1. The zero-order valence-electron chi connectivity index (χ0n) is 11.9. The summed E-state index contributed by atoms with van der Waals surface area (Å²) >= 11 is 0. The Kier molecular flexibility index (Phi) is 3.96. The zero-order valence-corrected chi connectivity index (χ0v) is 11.9. The molecular weight excluding hydrogens is 304 g/mol. The van der Waals surface area contributed by atoms with E-state index in [1.165, 1.54) is 30.5 Å². The first-order valence-electron chi connectivity index (χ1n) is 6.70. The van der Waals surface area contributed by atoms with Crippen molar-refractivity contribution in [3.63, 3.8) is 0 Å². The molecule has 0 saturated carbocycles. The molecular formula is C15H12N2O6. The van der Waals surface area contributed by atoms with Gasteiger partial charge in [-0.1, -0.05) is 0 Å². The van der Waals surface area contributed by atoms with Crippen molar-refractivity contribution in [2.75, 3.05) is 6.79 Å². The maximum absolute atomic E-state index is 11.8. The van der Waals surface area contributed by atoms with Gasteiger partial charge in [0, 0.05) is 6.08 Å². The van der Waals surface area contributed by atoms with Crippen LogP contribution in [-0.4, -0.2) is 17.6 Å². The molecule has 0 spiro atoms. The first-order valence-corrected chi connectivity index (χ1v) is 6.70. The van der Waals surface area contributed by atoms with Gasteiger partial charge in [0.1, 0.15) is 5.76 Å². The van der Waals surface area contributed by atoms with E-state index in [2.05, 4.69) is 5.32 Å². The number of nitrogens with zero attached hydrogens (tertiary/aromatic N) is 1. The molecule has 0 unspecified atom stereocenters. The van der Waals surface area contributed by atoms with E-state index in [9.17, 15) is 14.9 Å². The second kappa shape index (κ2) is 6.22. The Labute approximate surface area is 130 Å². The summed E-state index contributed by atoms with van der Waals surface area (Å²) in [4.78, 5) is 22.3. The third-order valence-corrected chi connectivity index (χ3v) is 3.15. The minimum Gasteiger partial charge on any atom is -0.467 e. The van der Waals surface area contributed by atoms with Gasteiger partial charge in [-0.25, -0.2) is 0 Å². The molecule has 2 aromatic rings. The van der Waals surface area contributed by atoms with Crippen LogP contribution >= 0.6 is 0 Å². The van der Waals surface area contributed by atoms with Gasteiger partial charge in [0.15, 0.2) is 11.5 Å². The van der Waals surface area contributed by atoms with Crippen LogP contribution in [0.1, 0.15) is 11.3 Å². The Hall–Kier alpha value is -3.29. The van der Waals surface area contributed by atoms with Crippen molar-refractivity contribution >= 4 is 17.7 Å². The van der Waals surface area contributed by atoms with Crippen molar-refractivity contribution in [2.45, 2.75) is 6.54 Å². The Morgan fingerprint density at radius 2 is 2.13 bits per heavy atom. The number of benzene rings is 1. The van der Waals surface area contributed by atoms with Crippen LogP contribution in [0.2, 0.25) is 0 Å². The fourth-order valence-electron chi connectivity index (χ4n) is 2.05. The monoisotopic (exact) mass is 316 g/mol. The van der Waals surface area contributed by atoms with Gasteiger partial charge in [-0.2, -0.15) is 0 Å². The zero-order chi connectivity index (χ0) is 16.2. The number of nitro benzene ring substituents is 1. The van der Waals surface area contributed by atoms with Crippen LogP contribution in [-0.2, 0) is 11.3 Å². The molecule has 1 aliphatic rings. The lowest BCUT2D eigenvalue weighted by molar-refractivity contribution is -0.385. The normalized spacial score (nSPS) is 12.5. The number of nitro groups is 1. The first kappa shape index (κ1) is 14.6. The fourth-order valence-corrected chi connectivity index (χ4v) is 2.05. The highest BCUT2D eigenvalue weighted by atomic mass is 16.7. The summed E-state index contributed by atoms with van der Waals surface area (Å²) in [5.74, 6) is 0.941. The van der Waals surface area contributed by atoms with Crippen LogP contribution < -0.4 is 14.8 Å². The largest absolute Gasteiger partial charge is 0.467 e. The maximum atomic E-state index is 11.8. The van der Waals surface area contributed by atoms with Crippen molar-refractivity contribution in [1.82, 2.24) is 5.32 Å². The fraction of sp³-hybridized carbons (Fsp3) is 0.133. The highest BCUT2D eigenvalue weighted by Crippen LogP contribution is 2.38. The summed E-state index contributed by atoms with van der Waals surface area (Å²) in [5.41, 5.74) is 0.0942. The topological polar surface area (TPSA) is 104 Å². The average Bonchev–Trinajstić information content (AvgIpc) is 3.20. The average molecular weight is 316 g/mol. The van der Waals surface area contributed by atoms with Crippen molar-refractivity contribution in [2.24, 2.45) is 0 Å². The molecule has 0 aliphatic carbocycles. The maximum Gasteiger partial charge on any atom is 0.280 e. The predicted molar refractivity (Wildman–Crippen MR) is 78.8 cm³/mol. The molecule has 0 bridgehead atoms. The van der Waals surface area contributed by atoms with Crippen LogP contribution in [0.25, 0.3) is 6.08 Å². The molecule has 0 radical (unpaired) electrons. The molecule has 3 rings (SSSR count). The van der Waals surface area contributed by atoms with Gasteiger partial charge in [0.2, 0.25) is 12.7 Å². The molecule has 23 heavy (non-hydrogen) atoms. The van der Waals surface area contributed by atoms with Crippen molar-refractivity contribution in [3.8, 4) is 11.5 Å². The first-order chi connectivity index (χ1) is 11.1. The minimum atomic E-state index is -0.539. The summed E-state index contributed by atoms with van der Waals surface area (Å²) in [6, 6.07) is 6.19. The lowest BCUT2D eigenvalue weighted by Gasteiger charge is -2.01. The van der Waals surface area contributed by atoms with Gasteiger partial charge >= 0.3 is 0 Å². The Bertz CT molecular complexity index is 767. The summed E-state index contributed by atoms with van der Waals surface area (Å²) in [6.07, 6.45) is 4.08. The van der Waals surface area contributed by atoms with Gasteiger partial charge in [-0.3, -0.25) is 14.9 Å². The second-order valence-corrected chi connectivity index (χ2v) is 4.65. The third-order valence-electron chi connectivity index (χ3n) is 3.15. The van der Waals surface area contributed by atoms with Gasteiger partial charge in [0.05, 0.1) is 29.4 Å². The smallest absolute Gasteiger partial charge is 0.280 e. The SMILES string of the molecule is O=C(C=Cc1cc2c(cc1[N+](=O)[O-])OCO2)NCc1ccco1. The number of furan rings is 1. The highest BCUT2D eigenvalue weighted by molar-refractivity contribution is 5.92. The van der Waals surface area contributed by atoms with Crippen LogP contribution in [0.3, 0.4) is 0 Å². The van der Waals surface area contributed by atoms with Crippen LogP contribution in [0.5, 0.6) is 11.5 Å². The van der Waals surface area contributed by atoms with E-state index in [0.29, 0.717) is 17.3 Å². The number of fused-ring (bicyclic) bond motifs is 1. The molecule has 8 heteroatoms. The summed E-state index contributed by atoms with van der Waals surface area (Å²) in [5, 5.41) is 13.7. The number of amides is 1. The number of rotatable bonds is 5. The lowest BCUT2D eigenvalue weighted by atomic mass is 10.1. The third kappa shape index (κ3) is 3.31. The van der Waals surface area contributed by atoms with Gasteiger partial charge in [-0.15, -0.1) is 0 Å². The van der Waals surface area contributed by atoms with Crippen molar-refractivity contribution < 1.29 is 23.6 Å². The van der Waals surface area contributed by atoms with Crippen LogP contribution in [0.4, 0.5) is 5.69 Å². The Morgan fingerprint density at radius 3 is 2.83 bits per heavy atom. The standard InChI is InChI=1S/C15H12N2O6/c18-15(16-8-11-2-1-5-21-11)4-3-10-6-13-14(23-9-22-13)7-12(10)17(19)20/h1-7H,8-9H2,(H,16,18). The van der Waals surface area contributed by atoms with E-state index in [0.717, 1.165) is 0 Å². The molecule has 1 N–H and O–H groups in total. The van der Waals surface area contributed by atoms with Gasteiger partial charge < -0.3 is 19.2 Å². The van der Waals surface area contributed by atoms with E-state index in [-0.39, 0.29) is 24.6 Å². The highest BCUT2D eigenvalue weighted by Gasteiger charge is 2.22. The Balaban J connectivity index is 1.73. The summed E-state index contributed by atoms with van der Waals surface area (Å²) in [6.45, 7) is 0.253. The molecule has 0 atom stereocenters. The number of ether oxygens (including phenoxy) is 2. The number of carbonyl (C=O) groups is 1. The molecule has 1 aromatic heterocycles. The van der Waals surface area contributed by atoms with E-state index < -0.39 is 10.8 Å². The minimum absolute atomic E-state index is 0.0172. The molecule has 0 fully saturated rings. The number of nitrogens with one attached hydrogen (secondary N) is 1. The molecule has 118 valence electrons. The van der Waals surface area contributed by atoms with Crippen molar-refractivity contribution in [1.29, 1.82) is 0 Å². The number of hydrogen-bond donors (Lipinski definition) is 1. The van der Waals surface area contributed by atoms with Gasteiger partial charge in [0.25, 0.3) is 5.69 Å². The summed E-state index contributed by atoms with van der Waals surface area (Å²) < 4.78 is 15.4. The van der Waals surface area contributed by atoms with E-state index in [1.54, 1.807) is 12.1 Å². The number of hydrogen-bond acceptors (Lipinski definition) is 6. The quantitative estimate of drug-likeness (QED) is 0.515. The van der Waals surface area contributed by atoms with Crippen LogP contribution in [0.15, 0.2) is 41.0 Å². The Morgan fingerprint density at radius 1 is 1.35 bits per heavy atom.